The van der Waals surface area contributed by atoms with Crippen molar-refractivity contribution in [2.24, 2.45) is 11.8 Å². The summed E-state index contributed by atoms with van der Waals surface area (Å²) in [6.45, 7) is 0.438. The zero-order chi connectivity index (χ0) is 7.19. The summed E-state index contributed by atoms with van der Waals surface area (Å²) in [6, 6.07) is 0. The van der Waals surface area contributed by atoms with E-state index in [0.29, 0.717) is 18.4 Å². The first kappa shape index (κ1) is 6.61. The molecule has 0 unspecified atom stereocenters. The Bertz CT molecular complexity index is 227. The maximum Gasteiger partial charge on any atom is 0.267 e. The predicted octanol–water partition coefficient (Wildman–Crippen LogP) is 0.373. The third kappa shape index (κ3) is 1.18. The van der Waals surface area contributed by atoms with Crippen LogP contribution in [0.25, 0.3) is 0 Å². The van der Waals surface area contributed by atoms with Crippen LogP contribution in [0.1, 0.15) is 12.8 Å². The summed E-state index contributed by atoms with van der Waals surface area (Å²) in [5.41, 5.74) is 0. The van der Waals surface area contributed by atoms with Gasteiger partial charge in [-0.25, -0.2) is 0 Å². The second-order valence-electron chi connectivity index (χ2n) is 3.11. The third-order valence-corrected chi connectivity index (χ3v) is 3.50. The molecule has 2 fully saturated rings. The van der Waals surface area contributed by atoms with Crippen LogP contribution in [0, 0.1) is 11.8 Å². The SMILES string of the molecule is O=S1(=O)C[C@@H](C2CC2)CO1. The highest BCUT2D eigenvalue weighted by molar-refractivity contribution is 7.86. The van der Waals surface area contributed by atoms with Crippen LogP contribution in [0.15, 0.2) is 0 Å². The van der Waals surface area contributed by atoms with Crippen molar-refractivity contribution in [2.75, 3.05) is 12.4 Å². The molecule has 1 atom stereocenters. The molecule has 3 nitrogen and oxygen atoms in total. The molecule has 0 radical (unpaired) electrons. The predicted molar refractivity (Wildman–Crippen MR) is 36.0 cm³/mol. The highest BCUT2D eigenvalue weighted by Crippen LogP contribution is 2.40. The van der Waals surface area contributed by atoms with Crippen LogP contribution < -0.4 is 0 Å². The average molecular weight is 162 g/mol. The summed E-state index contributed by atoms with van der Waals surface area (Å²) < 4.78 is 26.1. The molecule has 0 aromatic carbocycles. The second kappa shape index (κ2) is 1.95. The van der Waals surface area contributed by atoms with Gasteiger partial charge in [0.1, 0.15) is 0 Å². The van der Waals surface area contributed by atoms with Crippen molar-refractivity contribution < 1.29 is 12.6 Å². The summed E-state index contributed by atoms with van der Waals surface area (Å²) in [7, 11) is -3.10. The zero-order valence-electron chi connectivity index (χ0n) is 5.62. The molecule has 10 heavy (non-hydrogen) atoms. The van der Waals surface area contributed by atoms with Crippen molar-refractivity contribution in [3.8, 4) is 0 Å². The number of hydrogen-bond acceptors (Lipinski definition) is 3. The molecular formula is C6H10O3S. The minimum absolute atomic E-state index is 0.262. The second-order valence-corrected chi connectivity index (χ2v) is 4.79. The molecule has 58 valence electrons. The summed E-state index contributed by atoms with van der Waals surface area (Å²) >= 11 is 0. The molecule has 0 aromatic heterocycles. The molecule has 0 amide bonds. The summed E-state index contributed by atoms with van der Waals surface area (Å²) in [5.74, 6) is 1.22. The fraction of sp³-hybridized carbons (Fsp3) is 1.00. The van der Waals surface area contributed by atoms with Gasteiger partial charge in [0.15, 0.2) is 0 Å². The van der Waals surface area contributed by atoms with E-state index in [1.807, 2.05) is 0 Å². The van der Waals surface area contributed by atoms with E-state index in [2.05, 4.69) is 4.18 Å². The quantitative estimate of drug-likeness (QED) is 0.523. The first-order chi connectivity index (χ1) is 4.67. The van der Waals surface area contributed by atoms with Gasteiger partial charge < -0.3 is 0 Å². The Hall–Kier alpha value is -0.0900. The van der Waals surface area contributed by atoms with Gasteiger partial charge in [-0.05, 0) is 18.8 Å². The Balaban J connectivity index is 2.05. The molecule has 2 aliphatic rings. The van der Waals surface area contributed by atoms with Crippen molar-refractivity contribution >= 4 is 10.1 Å². The third-order valence-electron chi connectivity index (χ3n) is 2.17. The molecule has 0 bridgehead atoms. The minimum atomic E-state index is -3.10. The van der Waals surface area contributed by atoms with Gasteiger partial charge in [0.25, 0.3) is 10.1 Å². The highest BCUT2D eigenvalue weighted by atomic mass is 32.2. The summed E-state index contributed by atoms with van der Waals surface area (Å²) in [6.07, 6.45) is 2.40. The molecule has 2 rings (SSSR count). The van der Waals surface area contributed by atoms with Gasteiger partial charge in [-0.1, -0.05) is 0 Å². The summed E-state index contributed by atoms with van der Waals surface area (Å²) in [4.78, 5) is 0. The van der Waals surface area contributed by atoms with E-state index in [9.17, 15) is 8.42 Å². The van der Waals surface area contributed by atoms with Crippen LogP contribution in [0.3, 0.4) is 0 Å². The lowest BCUT2D eigenvalue weighted by atomic mass is 10.1. The van der Waals surface area contributed by atoms with Crippen molar-refractivity contribution in [3.05, 3.63) is 0 Å². The van der Waals surface area contributed by atoms with E-state index in [0.717, 1.165) is 0 Å². The molecule has 1 aliphatic heterocycles. The molecule has 1 saturated heterocycles. The topological polar surface area (TPSA) is 43.4 Å². The molecule has 1 aliphatic carbocycles. The molecule has 0 aromatic rings. The molecule has 4 heteroatoms. The lowest BCUT2D eigenvalue weighted by Crippen LogP contribution is -2.07. The van der Waals surface area contributed by atoms with Gasteiger partial charge in [0.05, 0.1) is 12.4 Å². The largest absolute Gasteiger partial charge is 0.270 e. The lowest BCUT2D eigenvalue weighted by Gasteiger charge is -1.98. The van der Waals surface area contributed by atoms with E-state index in [4.69, 9.17) is 0 Å². The fourth-order valence-corrected chi connectivity index (χ4v) is 2.76. The molecular weight excluding hydrogens is 152 g/mol. The van der Waals surface area contributed by atoms with Crippen LogP contribution in [0.5, 0.6) is 0 Å². The Labute approximate surface area is 60.5 Å². The van der Waals surface area contributed by atoms with Gasteiger partial charge >= 0.3 is 0 Å². The van der Waals surface area contributed by atoms with Crippen molar-refractivity contribution in [1.82, 2.24) is 0 Å². The fourth-order valence-electron chi connectivity index (χ4n) is 1.39. The van der Waals surface area contributed by atoms with E-state index < -0.39 is 10.1 Å². The Kier molecular flexibility index (Phi) is 1.29. The van der Waals surface area contributed by atoms with E-state index in [-0.39, 0.29) is 5.75 Å². The van der Waals surface area contributed by atoms with Crippen LogP contribution >= 0.6 is 0 Å². The van der Waals surface area contributed by atoms with Gasteiger partial charge in [-0.3, -0.25) is 4.18 Å². The van der Waals surface area contributed by atoms with Gasteiger partial charge in [-0.2, -0.15) is 8.42 Å². The van der Waals surface area contributed by atoms with Gasteiger partial charge in [0.2, 0.25) is 0 Å². The first-order valence-corrected chi connectivity index (χ1v) is 5.12. The van der Waals surface area contributed by atoms with Gasteiger partial charge in [-0.15, -0.1) is 0 Å². The normalized spacial score (nSPS) is 38.2. The van der Waals surface area contributed by atoms with E-state index in [1.54, 1.807) is 0 Å². The monoisotopic (exact) mass is 162 g/mol. The van der Waals surface area contributed by atoms with Gasteiger partial charge in [0, 0.05) is 5.92 Å². The van der Waals surface area contributed by atoms with Crippen molar-refractivity contribution in [3.63, 3.8) is 0 Å². The van der Waals surface area contributed by atoms with Crippen LogP contribution in [0.4, 0.5) is 0 Å². The number of rotatable bonds is 1. The first-order valence-electron chi connectivity index (χ1n) is 3.54. The van der Waals surface area contributed by atoms with E-state index in [1.165, 1.54) is 12.8 Å². The van der Waals surface area contributed by atoms with Crippen LogP contribution in [-0.2, 0) is 14.3 Å². The smallest absolute Gasteiger partial charge is 0.267 e. The number of hydrogen-bond donors (Lipinski definition) is 0. The van der Waals surface area contributed by atoms with Crippen molar-refractivity contribution in [2.45, 2.75) is 12.8 Å². The Morgan fingerprint density at radius 2 is 1.90 bits per heavy atom. The molecule has 0 spiro atoms. The Morgan fingerprint density at radius 3 is 2.30 bits per heavy atom. The maximum absolute atomic E-state index is 10.8. The molecule has 0 N–H and O–H groups in total. The summed E-state index contributed by atoms with van der Waals surface area (Å²) in [5, 5.41) is 0. The molecule has 1 heterocycles. The average Bonchev–Trinajstić information content (AvgIpc) is 2.59. The lowest BCUT2D eigenvalue weighted by molar-refractivity contribution is 0.298. The van der Waals surface area contributed by atoms with E-state index >= 15 is 0 Å². The minimum Gasteiger partial charge on any atom is -0.270 e. The molecule has 1 saturated carbocycles. The standard InChI is InChI=1S/C6H10O3S/c7-10(8)4-6(3-9-10)5-1-2-5/h5-6H,1-4H2/t6-/m0/s1. The van der Waals surface area contributed by atoms with Crippen LogP contribution in [0.2, 0.25) is 0 Å². The zero-order valence-corrected chi connectivity index (χ0v) is 6.43. The maximum atomic E-state index is 10.8. The Morgan fingerprint density at radius 1 is 1.20 bits per heavy atom. The highest BCUT2D eigenvalue weighted by Gasteiger charge is 2.39. The van der Waals surface area contributed by atoms with Crippen molar-refractivity contribution in [1.29, 1.82) is 0 Å². The van der Waals surface area contributed by atoms with Crippen LogP contribution in [-0.4, -0.2) is 20.8 Å².